The largest absolute Gasteiger partial charge is 0.299 e. The van der Waals surface area contributed by atoms with Gasteiger partial charge in [-0.3, -0.25) is 4.79 Å². The number of allylic oxidation sites excluding steroid dienone is 1. The highest BCUT2D eigenvalue weighted by molar-refractivity contribution is 5.65. The molecule has 0 atom stereocenters. The number of nitrogens with zero attached hydrogens (tertiary/aromatic N) is 1. The Hall–Kier alpha value is -1.14. The molecule has 2 nitrogen and oxygen atoms in total. The second-order valence-corrected chi connectivity index (χ2v) is 0.765. The molecule has 0 amide bonds. The monoisotopic (exact) mass is 95.0 g/mol. The Balaban J connectivity index is 3.47. The van der Waals surface area contributed by atoms with Gasteiger partial charge in [0.15, 0.2) is 0 Å². The maximum atomic E-state index is 9.48. The molecule has 0 aromatic heterocycles. The van der Waals surface area contributed by atoms with Crippen molar-refractivity contribution in [3.8, 4) is 0 Å². The fraction of sp³-hybridized carbons (Fsp3) is 0. The van der Waals surface area contributed by atoms with Crippen LogP contribution in [0.15, 0.2) is 23.8 Å². The van der Waals surface area contributed by atoms with Crippen LogP contribution in [-0.4, -0.2) is 12.2 Å². The van der Waals surface area contributed by atoms with Crippen LogP contribution in [0.25, 0.3) is 0 Å². The quantitative estimate of drug-likeness (QED) is 0.280. The molecule has 0 aliphatic rings. The minimum Gasteiger partial charge on any atom is -0.299 e. The zero-order chi connectivity index (χ0) is 5.54. The van der Waals surface area contributed by atoms with Crippen molar-refractivity contribution in [3.63, 3.8) is 0 Å². The summed E-state index contributed by atoms with van der Waals surface area (Å²) in [7, 11) is 0. The molecular formula is C5H5NO. The molecule has 0 aromatic rings. The Morgan fingerprint density at radius 2 is 2.43 bits per heavy atom. The van der Waals surface area contributed by atoms with Crippen molar-refractivity contribution in [1.29, 1.82) is 0 Å². The summed E-state index contributed by atoms with van der Waals surface area (Å²) in [6.07, 6.45) is 3.22. The maximum absolute atomic E-state index is 9.48. The first-order chi connectivity index (χ1) is 3.41. The van der Waals surface area contributed by atoms with E-state index in [0.717, 1.165) is 0 Å². The number of carbonyl (C=O) groups is 1. The molecule has 0 aliphatic carbocycles. The molecule has 0 rings (SSSR count). The average Bonchev–Trinajstić information content (AvgIpc) is 1.69. The van der Waals surface area contributed by atoms with E-state index >= 15 is 0 Å². The van der Waals surface area contributed by atoms with Crippen LogP contribution < -0.4 is 0 Å². The lowest BCUT2D eigenvalue weighted by atomic mass is 10.7. The predicted octanol–water partition coefficient (Wildman–Crippen LogP) is 0.555. The van der Waals surface area contributed by atoms with Crippen LogP contribution in [-0.2, 0) is 4.79 Å². The summed E-state index contributed by atoms with van der Waals surface area (Å²) in [5.74, 6) is 2.23. The van der Waals surface area contributed by atoms with E-state index in [9.17, 15) is 4.79 Å². The molecular weight excluding hydrogens is 90.1 g/mol. The minimum absolute atomic E-state index is 0.640. The molecule has 0 aromatic carbocycles. The van der Waals surface area contributed by atoms with E-state index in [0.29, 0.717) is 6.29 Å². The van der Waals surface area contributed by atoms with E-state index in [1.807, 2.05) is 0 Å². The van der Waals surface area contributed by atoms with Gasteiger partial charge in [-0.1, -0.05) is 0 Å². The van der Waals surface area contributed by atoms with Crippen molar-refractivity contribution in [1.82, 2.24) is 0 Å². The fourth-order valence-electron chi connectivity index (χ4n) is 0.131. The third-order valence-electron chi connectivity index (χ3n) is 0.330. The first-order valence-electron chi connectivity index (χ1n) is 1.74. The molecule has 0 heterocycles. The van der Waals surface area contributed by atoms with Crippen molar-refractivity contribution in [2.45, 2.75) is 0 Å². The Labute approximate surface area is 41.9 Å². The first-order valence-corrected chi connectivity index (χ1v) is 1.74. The SMILES string of the molecule is C=C=N/C=C\C=O. The number of hydrogen-bond donors (Lipinski definition) is 0. The average molecular weight is 95.1 g/mol. The minimum atomic E-state index is 0.640. The Morgan fingerprint density at radius 3 is 2.86 bits per heavy atom. The summed E-state index contributed by atoms with van der Waals surface area (Å²) < 4.78 is 0. The molecule has 0 saturated carbocycles. The third-order valence-corrected chi connectivity index (χ3v) is 0.330. The van der Waals surface area contributed by atoms with E-state index in [1.165, 1.54) is 12.3 Å². The molecule has 0 fully saturated rings. The smallest absolute Gasteiger partial charge is 0.144 e. The number of rotatable bonds is 2. The Morgan fingerprint density at radius 1 is 1.71 bits per heavy atom. The van der Waals surface area contributed by atoms with Gasteiger partial charge >= 0.3 is 0 Å². The van der Waals surface area contributed by atoms with Gasteiger partial charge in [0.05, 0.1) is 0 Å². The Kier molecular flexibility index (Phi) is 4.07. The molecule has 2 heteroatoms. The maximum Gasteiger partial charge on any atom is 0.144 e. The fourth-order valence-corrected chi connectivity index (χ4v) is 0.131. The lowest BCUT2D eigenvalue weighted by molar-refractivity contribution is -0.104. The summed E-state index contributed by atoms with van der Waals surface area (Å²) in [4.78, 5) is 12.9. The zero-order valence-electron chi connectivity index (χ0n) is 3.79. The summed E-state index contributed by atoms with van der Waals surface area (Å²) in [5, 5.41) is 0. The van der Waals surface area contributed by atoms with Gasteiger partial charge in [0.25, 0.3) is 0 Å². The van der Waals surface area contributed by atoms with Crippen molar-refractivity contribution in [2.24, 2.45) is 4.99 Å². The van der Waals surface area contributed by atoms with Gasteiger partial charge in [-0.15, -0.1) is 0 Å². The van der Waals surface area contributed by atoms with Crippen LogP contribution in [0.3, 0.4) is 0 Å². The standard InChI is InChI=1S/C5H5NO/c1-2-6-4-3-5-7/h3-5H,1H2/b4-3-. The molecule has 36 valence electrons. The van der Waals surface area contributed by atoms with E-state index < -0.39 is 0 Å². The number of aliphatic imine (C=N–C) groups is 1. The van der Waals surface area contributed by atoms with Gasteiger partial charge < -0.3 is 0 Å². The highest BCUT2D eigenvalue weighted by Crippen LogP contribution is 1.63. The zero-order valence-corrected chi connectivity index (χ0v) is 3.79. The van der Waals surface area contributed by atoms with Gasteiger partial charge in [-0.05, 0) is 18.5 Å². The van der Waals surface area contributed by atoms with Gasteiger partial charge in [-0.25, -0.2) is 4.99 Å². The summed E-state index contributed by atoms with van der Waals surface area (Å²) in [6, 6.07) is 0. The molecule has 0 bridgehead atoms. The lowest BCUT2D eigenvalue weighted by Crippen LogP contribution is -1.54. The first kappa shape index (κ1) is 5.86. The van der Waals surface area contributed by atoms with Crippen molar-refractivity contribution < 1.29 is 4.79 Å². The topological polar surface area (TPSA) is 29.4 Å². The van der Waals surface area contributed by atoms with E-state index in [-0.39, 0.29) is 0 Å². The summed E-state index contributed by atoms with van der Waals surface area (Å²) in [6.45, 7) is 3.17. The molecule has 7 heavy (non-hydrogen) atoms. The number of hydrogen-bond acceptors (Lipinski definition) is 2. The number of aldehydes is 1. The number of carbonyl (C=O) groups excluding carboxylic acids is 1. The van der Waals surface area contributed by atoms with Crippen LogP contribution in [0.2, 0.25) is 0 Å². The highest BCUT2D eigenvalue weighted by Gasteiger charge is 1.54. The van der Waals surface area contributed by atoms with Crippen molar-refractivity contribution in [2.75, 3.05) is 0 Å². The molecule has 0 aliphatic heterocycles. The summed E-state index contributed by atoms with van der Waals surface area (Å²) in [5.41, 5.74) is 0. The second-order valence-electron chi connectivity index (χ2n) is 0.765. The Bertz CT molecular complexity index is 120. The van der Waals surface area contributed by atoms with Gasteiger partial charge in [0.2, 0.25) is 0 Å². The van der Waals surface area contributed by atoms with Crippen molar-refractivity contribution in [3.05, 3.63) is 18.9 Å². The molecule has 0 radical (unpaired) electrons. The van der Waals surface area contributed by atoms with Gasteiger partial charge in [0, 0.05) is 6.20 Å². The van der Waals surface area contributed by atoms with Crippen LogP contribution in [0.1, 0.15) is 0 Å². The van der Waals surface area contributed by atoms with E-state index in [4.69, 9.17) is 0 Å². The van der Waals surface area contributed by atoms with Crippen molar-refractivity contribution >= 4 is 12.2 Å². The van der Waals surface area contributed by atoms with Gasteiger partial charge in [0.1, 0.15) is 6.29 Å². The normalized spacial score (nSPS) is 8.00. The van der Waals surface area contributed by atoms with Gasteiger partial charge in [-0.2, -0.15) is 0 Å². The lowest BCUT2D eigenvalue weighted by Gasteiger charge is -1.59. The third kappa shape index (κ3) is 4.86. The van der Waals surface area contributed by atoms with Crippen LogP contribution in [0.5, 0.6) is 0 Å². The summed E-state index contributed by atoms with van der Waals surface area (Å²) >= 11 is 0. The van der Waals surface area contributed by atoms with Crippen LogP contribution in [0.4, 0.5) is 0 Å². The highest BCUT2D eigenvalue weighted by atomic mass is 16.1. The predicted molar refractivity (Wildman–Crippen MR) is 28.3 cm³/mol. The van der Waals surface area contributed by atoms with E-state index in [1.54, 1.807) is 0 Å². The molecule has 0 N–H and O–H groups in total. The van der Waals surface area contributed by atoms with E-state index in [2.05, 4.69) is 17.4 Å². The second kappa shape index (κ2) is 4.86. The van der Waals surface area contributed by atoms with Crippen LogP contribution in [0, 0.1) is 0 Å². The molecule has 0 saturated heterocycles. The van der Waals surface area contributed by atoms with Crippen LogP contribution >= 0.6 is 0 Å². The molecule has 0 spiro atoms. The molecule has 0 unspecified atom stereocenters.